The first-order chi connectivity index (χ1) is 9.29. The summed E-state index contributed by atoms with van der Waals surface area (Å²) in [7, 11) is 0. The second-order valence-electron chi connectivity index (χ2n) is 4.71. The van der Waals surface area contributed by atoms with Crippen LogP contribution in [-0.2, 0) is 4.79 Å². The number of carbonyl (C=O) groups excluding carboxylic acids is 1. The van der Waals surface area contributed by atoms with Gasteiger partial charge in [0.2, 0.25) is 5.91 Å². The average Bonchev–Trinajstić information content (AvgIpc) is 2.43. The highest BCUT2D eigenvalue weighted by molar-refractivity contribution is 5.94. The zero-order chi connectivity index (χ0) is 13.5. The number of nitrogens with one attached hydrogen (secondary N) is 1. The molecule has 3 nitrogen and oxygen atoms in total. The molecule has 2 aromatic rings. The van der Waals surface area contributed by atoms with E-state index in [0.717, 1.165) is 30.3 Å². The van der Waals surface area contributed by atoms with Crippen LogP contribution in [0.15, 0.2) is 42.5 Å². The average molecular weight is 256 g/mol. The van der Waals surface area contributed by atoms with Gasteiger partial charge in [-0.15, -0.1) is 0 Å². The van der Waals surface area contributed by atoms with Crippen LogP contribution in [0.3, 0.4) is 0 Å². The maximum absolute atomic E-state index is 11.8. The highest BCUT2D eigenvalue weighted by Gasteiger charge is 2.02. The highest BCUT2D eigenvalue weighted by Crippen LogP contribution is 2.19. The first-order valence-electron chi connectivity index (χ1n) is 6.78. The van der Waals surface area contributed by atoms with Gasteiger partial charge in [0.1, 0.15) is 0 Å². The Kier molecular flexibility index (Phi) is 4.93. The number of hydrogen-bond acceptors (Lipinski definition) is 2. The monoisotopic (exact) mass is 256 g/mol. The number of fused-ring (bicyclic) bond motifs is 1. The van der Waals surface area contributed by atoms with E-state index in [1.807, 2.05) is 36.4 Å². The van der Waals surface area contributed by atoms with Crippen molar-refractivity contribution in [3.63, 3.8) is 0 Å². The number of unbranched alkanes of at least 4 members (excludes halogenated alkanes) is 2. The van der Waals surface area contributed by atoms with Crippen molar-refractivity contribution in [1.82, 2.24) is 0 Å². The summed E-state index contributed by atoms with van der Waals surface area (Å²) in [5.41, 5.74) is 6.28. The fraction of sp³-hybridized carbons (Fsp3) is 0.312. The topological polar surface area (TPSA) is 55.1 Å². The molecule has 3 N–H and O–H groups in total. The summed E-state index contributed by atoms with van der Waals surface area (Å²) in [5, 5.41) is 5.27. The van der Waals surface area contributed by atoms with Gasteiger partial charge in [-0.25, -0.2) is 0 Å². The molecule has 0 spiro atoms. The first kappa shape index (κ1) is 13.6. The molecule has 3 heteroatoms. The number of amides is 1. The molecule has 0 saturated heterocycles. The third-order valence-electron chi connectivity index (χ3n) is 3.14. The Hall–Kier alpha value is -1.87. The van der Waals surface area contributed by atoms with Crippen molar-refractivity contribution >= 4 is 22.4 Å². The Morgan fingerprint density at radius 2 is 1.79 bits per heavy atom. The van der Waals surface area contributed by atoms with E-state index in [-0.39, 0.29) is 5.91 Å². The number of anilines is 1. The van der Waals surface area contributed by atoms with Crippen LogP contribution in [-0.4, -0.2) is 12.5 Å². The molecule has 0 unspecified atom stereocenters. The molecule has 0 aliphatic carbocycles. The Labute approximate surface area is 113 Å². The third-order valence-corrected chi connectivity index (χ3v) is 3.14. The second-order valence-corrected chi connectivity index (χ2v) is 4.71. The summed E-state index contributed by atoms with van der Waals surface area (Å²) >= 11 is 0. The van der Waals surface area contributed by atoms with E-state index in [0.29, 0.717) is 13.0 Å². The zero-order valence-corrected chi connectivity index (χ0v) is 11.1. The first-order valence-corrected chi connectivity index (χ1v) is 6.78. The molecule has 0 aromatic heterocycles. The normalized spacial score (nSPS) is 10.6. The van der Waals surface area contributed by atoms with E-state index in [4.69, 9.17) is 5.73 Å². The van der Waals surface area contributed by atoms with Crippen molar-refractivity contribution in [3.8, 4) is 0 Å². The molecule has 2 aromatic carbocycles. The summed E-state index contributed by atoms with van der Waals surface area (Å²) in [4.78, 5) is 11.8. The van der Waals surface area contributed by atoms with Gasteiger partial charge in [-0.2, -0.15) is 0 Å². The van der Waals surface area contributed by atoms with E-state index < -0.39 is 0 Å². The minimum absolute atomic E-state index is 0.0762. The fourth-order valence-electron chi connectivity index (χ4n) is 2.10. The summed E-state index contributed by atoms with van der Waals surface area (Å²) < 4.78 is 0. The number of hydrogen-bond donors (Lipinski definition) is 2. The summed E-state index contributed by atoms with van der Waals surface area (Å²) in [5.74, 6) is 0.0762. The van der Waals surface area contributed by atoms with Crippen molar-refractivity contribution in [2.45, 2.75) is 25.7 Å². The highest BCUT2D eigenvalue weighted by atomic mass is 16.1. The van der Waals surface area contributed by atoms with E-state index in [1.165, 1.54) is 5.39 Å². The smallest absolute Gasteiger partial charge is 0.224 e. The van der Waals surface area contributed by atoms with Gasteiger partial charge in [0.15, 0.2) is 0 Å². The molecular weight excluding hydrogens is 236 g/mol. The second kappa shape index (κ2) is 6.90. The molecule has 19 heavy (non-hydrogen) atoms. The summed E-state index contributed by atoms with van der Waals surface area (Å²) in [6.45, 7) is 0.701. The van der Waals surface area contributed by atoms with Gasteiger partial charge in [0.25, 0.3) is 0 Å². The molecule has 0 fully saturated rings. The predicted octanol–water partition coefficient (Wildman–Crippen LogP) is 3.30. The maximum Gasteiger partial charge on any atom is 0.224 e. The Bertz CT molecular complexity index is 551. The van der Waals surface area contributed by atoms with Gasteiger partial charge in [0, 0.05) is 12.1 Å². The fourth-order valence-corrected chi connectivity index (χ4v) is 2.10. The van der Waals surface area contributed by atoms with Gasteiger partial charge in [-0.05, 0) is 42.3 Å². The maximum atomic E-state index is 11.8. The lowest BCUT2D eigenvalue weighted by Crippen LogP contribution is -2.11. The molecule has 0 saturated carbocycles. The molecule has 0 aliphatic heterocycles. The molecular formula is C16H20N2O. The summed E-state index contributed by atoms with van der Waals surface area (Å²) in [6, 6.07) is 14.1. The lowest BCUT2D eigenvalue weighted by Gasteiger charge is -2.06. The van der Waals surface area contributed by atoms with Crippen LogP contribution in [0, 0.1) is 0 Å². The van der Waals surface area contributed by atoms with Crippen LogP contribution in [0.4, 0.5) is 5.69 Å². The largest absolute Gasteiger partial charge is 0.330 e. The van der Waals surface area contributed by atoms with Gasteiger partial charge in [-0.1, -0.05) is 36.8 Å². The molecule has 0 aliphatic rings. The lowest BCUT2D eigenvalue weighted by molar-refractivity contribution is -0.116. The van der Waals surface area contributed by atoms with Crippen molar-refractivity contribution in [2.75, 3.05) is 11.9 Å². The SMILES string of the molecule is NCCCCCC(=O)Nc1ccc2ccccc2c1. The predicted molar refractivity (Wildman–Crippen MR) is 80.1 cm³/mol. The number of carbonyl (C=O) groups is 1. The Morgan fingerprint density at radius 3 is 2.58 bits per heavy atom. The Morgan fingerprint density at radius 1 is 1.00 bits per heavy atom. The van der Waals surface area contributed by atoms with Crippen molar-refractivity contribution < 1.29 is 4.79 Å². The molecule has 2 rings (SSSR count). The summed E-state index contributed by atoms with van der Waals surface area (Å²) in [6.07, 6.45) is 3.47. The van der Waals surface area contributed by atoms with Crippen LogP contribution in [0.1, 0.15) is 25.7 Å². The Balaban J connectivity index is 1.91. The van der Waals surface area contributed by atoms with Crippen LogP contribution in [0.25, 0.3) is 10.8 Å². The van der Waals surface area contributed by atoms with Crippen LogP contribution < -0.4 is 11.1 Å². The van der Waals surface area contributed by atoms with Gasteiger partial charge in [-0.3, -0.25) is 4.79 Å². The molecule has 0 atom stereocenters. The van der Waals surface area contributed by atoms with Crippen molar-refractivity contribution in [2.24, 2.45) is 5.73 Å². The van der Waals surface area contributed by atoms with E-state index >= 15 is 0 Å². The number of rotatable bonds is 6. The van der Waals surface area contributed by atoms with Crippen molar-refractivity contribution in [3.05, 3.63) is 42.5 Å². The molecule has 0 radical (unpaired) electrons. The zero-order valence-electron chi connectivity index (χ0n) is 11.1. The van der Waals surface area contributed by atoms with Crippen LogP contribution in [0.5, 0.6) is 0 Å². The van der Waals surface area contributed by atoms with Gasteiger partial charge >= 0.3 is 0 Å². The number of nitrogens with two attached hydrogens (primary N) is 1. The van der Waals surface area contributed by atoms with E-state index in [1.54, 1.807) is 0 Å². The van der Waals surface area contributed by atoms with Crippen LogP contribution >= 0.6 is 0 Å². The lowest BCUT2D eigenvalue weighted by atomic mass is 10.1. The minimum Gasteiger partial charge on any atom is -0.330 e. The standard InChI is InChI=1S/C16H20N2O/c17-11-5-1-2-8-16(19)18-15-10-9-13-6-3-4-7-14(13)12-15/h3-4,6-7,9-10,12H,1-2,5,8,11,17H2,(H,18,19). The molecule has 0 bridgehead atoms. The van der Waals surface area contributed by atoms with Crippen molar-refractivity contribution in [1.29, 1.82) is 0 Å². The van der Waals surface area contributed by atoms with E-state index in [2.05, 4.69) is 11.4 Å². The third kappa shape index (κ3) is 4.07. The molecule has 1 amide bonds. The van der Waals surface area contributed by atoms with Gasteiger partial charge < -0.3 is 11.1 Å². The molecule has 0 heterocycles. The molecule has 100 valence electrons. The quantitative estimate of drug-likeness (QED) is 0.779. The van der Waals surface area contributed by atoms with E-state index in [9.17, 15) is 4.79 Å². The number of benzene rings is 2. The van der Waals surface area contributed by atoms with Gasteiger partial charge in [0.05, 0.1) is 0 Å². The minimum atomic E-state index is 0.0762. The van der Waals surface area contributed by atoms with Crippen LogP contribution in [0.2, 0.25) is 0 Å².